The largest absolute Gasteiger partial charge is 0.502 e. The van der Waals surface area contributed by atoms with E-state index in [1.807, 2.05) is 25.1 Å². The van der Waals surface area contributed by atoms with Gasteiger partial charge in [-0.15, -0.1) is 0 Å². The molecule has 0 fully saturated rings. The van der Waals surface area contributed by atoms with Crippen LogP contribution in [-0.4, -0.2) is 25.0 Å². The van der Waals surface area contributed by atoms with Gasteiger partial charge in [0.2, 0.25) is 5.75 Å². The van der Waals surface area contributed by atoms with Crippen molar-refractivity contribution in [2.45, 2.75) is 13.3 Å². The standard InChI is InChI=1S/C19H19NO3/c1-12-15(13-7-5-4-6-8-13)11-16(20-12)14-9-17(22-2)19(21)18(10-14)23-3/h4-10,21H,11H2,1-3H3. The first-order valence-electron chi connectivity index (χ1n) is 7.42. The van der Waals surface area contributed by atoms with Crippen LogP contribution in [0.25, 0.3) is 5.57 Å². The summed E-state index contributed by atoms with van der Waals surface area (Å²) in [6.07, 6.45) is 0.743. The summed E-state index contributed by atoms with van der Waals surface area (Å²) in [7, 11) is 3.04. The monoisotopic (exact) mass is 309 g/mol. The molecule has 23 heavy (non-hydrogen) atoms. The van der Waals surface area contributed by atoms with E-state index in [0.717, 1.165) is 23.4 Å². The van der Waals surface area contributed by atoms with Gasteiger partial charge < -0.3 is 14.6 Å². The van der Waals surface area contributed by atoms with E-state index in [1.54, 1.807) is 12.1 Å². The number of benzene rings is 2. The van der Waals surface area contributed by atoms with Crippen molar-refractivity contribution < 1.29 is 14.6 Å². The van der Waals surface area contributed by atoms with Crippen molar-refractivity contribution >= 4 is 11.3 Å². The van der Waals surface area contributed by atoms with E-state index in [0.29, 0.717) is 11.5 Å². The van der Waals surface area contributed by atoms with Crippen molar-refractivity contribution in [2.24, 2.45) is 4.99 Å². The molecule has 3 rings (SSSR count). The molecule has 0 amide bonds. The molecule has 0 saturated heterocycles. The first-order chi connectivity index (χ1) is 11.1. The zero-order valence-electron chi connectivity index (χ0n) is 13.5. The lowest BCUT2D eigenvalue weighted by molar-refractivity contribution is 0.340. The maximum atomic E-state index is 10.0. The van der Waals surface area contributed by atoms with Crippen molar-refractivity contribution in [3.8, 4) is 17.2 Å². The van der Waals surface area contributed by atoms with Gasteiger partial charge >= 0.3 is 0 Å². The Hall–Kier alpha value is -2.75. The van der Waals surface area contributed by atoms with Crippen LogP contribution in [0, 0.1) is 0 Å². The highest BCUT2D eigenvalue weighted by Gasteiger charge is 2.21. The number of aliphatic imine (C=N–C) groups is 1. The maximum Gasteiger partial charge on any atom is 0.200 e. The average molecular weight is 309 g/mol. The van der Waals surface area contributed by atoms with Crippen molar-refractivity contribution in [1.82, 2.24) is 0 Å². The smallest absolute Gasteiger partial charge is 0.200 e. The number of phenols is 1. The number of nitrogens with zero attached hydrogens (tertiary/aromatic N) is 1. The number of allylic oxidation sites excluding steroid dienone is 2. The second-order valence-electron chi connectivity index (χ2n) is 5.39. The number of hydrogen-bond donors (Lipinski definition) is 1. The Morgan fingerprint density at radius 3 is 2.13 bits per heavy atom. The SMILES string of the molecule is COc1cc(C2=NC(C)=C(c3ccccc3)C2)cc(OC)c1O. The summed E-state index contributed by atoms with van der Waals surface area (Å²) < 4.78 is 10.5. The molecule has 1 aliphatic heterocycles. The molecule has 0 radical (unpaired) electrons. The van der Waals surface area contributed by atoms with Crippen LogP contribution in [0.3, 0.4) is 0 Å². The first kappa shape index (κ1) is 15.2. The summed E-state index contributed by atoms with van der Waals surface area (Å²) in [6, 6.07) is 13.8. The molecular formula is C19H19NO3. The first-order valence-corrected chi connectivity index (χ1v) is 7.42. The van der Waals surface area contributed by atoms with Crippen molar-refractivity contribution in [3.05, 3.63) is 59.3 Å². The topological polar surface area (TPSA) is 51.0 Å². The van der Waals surface area contributed by atoms with Gasteiger partial charge in [-0.25, -0.2) is 0 Å². The van der Waals surface area contributed by atoms with Crippen molar-refractivity contribution in [2.75, 3.05) is 14.2 Å². The lowest BCUT2D eigenvalue weighted by Gasteiger charge is -2.11. The maximum absolute atomic E-state index is 10.0. The number of ether oxygens (including phenoxy) is 2. The molecule has 0 bridgehead atoms. The summed E-state index contributed by atoms with van der Waals surface area (Å²) >= 11 is 0. The zero-order valence-corrected chi connectivity index (χ0v) is 13.5. The van der Waals surface area contributed by atoms with Crippen LogP contribution >= 0.6 is 0 Å². The van der Waals surface area contributed by atoms with Crippen LogP contribution in [0.2, 0.25) is 0 Å². The van der Waals surface area contributed by atoms with Crippen LogP contribution in [-0.2, 0) is 0 Å². The average Bonchev–Trinajstić information content (AvgIpc) is 2.97. The molecule has 2 aromatic carbocycles. The third-order valence-electron chi connectivity index (χ3n) is 4.02. The highest BCUT2D eigenvalue weighted by Crippen LogP contribution is 2.39. The second-order valence-corrected chi connectivity index (χ2v) is 5.39. The molecule has 0 spiro atoms. The number of phenolic OH excluding ortho intramolecular Hbond substituents is 1. The van der Waals surface area contributed by atoms with Crippen LogP contribution in [0.15, 0.2) is 53.2 Å². The van der Waals surface area contributed by atoms with Crippen LogP contribution in [0.1, 0.15) is 24.5 Å². The Balaban J connectivity index is 1.95. The van der Waals surface area contributed by atoms with Crippen molar-refractivity contribution in [1.29, 1.82) is 0 Å². The molecule has 0 aromatic heterocycles. The van der Waals surface area contributed by atoms with Crippen LogP contribution in [0.5, 0.6) is 17.2 Å². The fourth-order valence-electron chi connectivity index (χ4n) is 2.78. The van der Waals surface area contributed by atoms with Gasteiger partial charge in [0.25, 0.3) is 0 Å². The molecule has 4 heteroatoms. The number of methoxy groups -OCH3 is 2. The van der Waals surface area contributed by atoms with E-state index in [4.69, 9.17) is 14.5 Å². The Bertz CT molecular complexity index is 767. The molecular weight excluding hydrogens is 290 g/mol. The number of rotatable bonds is 4. The molecule has 2 aromatic rings. The van der Waals surface area contributed by atoms with Gasteiger partial charge in [0.05, 0.1) is 19.9 Å². The van der Waals surface area contributed by atoms with E-state index in [2.05, 4.69) is 12.1 Å². The Labute approximate surface area is 135 Å². The molecule has 0 aliphatic carbocycles. The van der Waals surface area contributed by atoms with E-state index >= 15 is 0 Å². The lowest BCUT2D eigenvalue weighted by atomic mass is 9.98. The molecule has 118 valence electrons. The number of hydrogen-bond acceptors (Lipinski definition) is 4. The third-order valence-corrected chi connectivity index (χ3v) is 4.02. The van der Waals surface area contributed by atoms with E-state index in [-0.39, 0.29) is 5.75 Å². The molecule has 0 unspecified atom stereocenters. The van der Waals surface area contributed by atoms with Crippen LogP contribution in [0.4, 0.5) is 0 Å². The third kappa shape index (κ3) is 2.80. The van der Waals surface area contributed by atoms with E-state index < -0.39 is 0 Å². The second kappa shape index (κ2) is 6.16. The normalized spacial score (nSPS) is 14.0. The highest BCUT2D eigenvalue weighted by atomic mass is 16.5. The minimum atomic E-state index is 0.00492. The highest BCUT2D eigenvalue weighted by molar-refractivity contribution is 6.10. The molecule has 0 saturated carbocycles. The quantitative estimate of drug-likeness (QED) is 0.927. The summed E-state index contributed by atoms with van der Waals surface area (Å²) in [5.74, 6) is 0.769. The van der Waals surface area contributed by atoms with Gasteiger partial charge in [-0.2, -0.15) is 0 Å². The minimum absolute atomic E-state index is 0.00492. The summed E-state index contributed by atoms with van der Waals surface area (Å²) in [6.45, 7) is 2.02. The zero-order chi connectivity index (χ0) is 16.4. The summed E-state index contributed by atoms with van der Waals surface area (Å²) in [5, 5.41) is 10.0. The molecule has 1 N–H and O–H groups in total. The Kier molecular flexibility index (Phi) is 4.06. The molecule has 1 aliphatic rings. The van der Waals surface area contributed by atoms with Crippen LogP contribution < -0.4 is 9.47 Å². The fraction of sp³-hybridized carbons (Fsp3) is 0.211. The minimum Gasteiger partial charge on any atom is -0.502 e. The molecule has 1 heterocycles. The van der Waals surface area contributed by atoms with Gasteiger partial charge in [0.15, 0.2) is 11.5 Å². The van der Waals surface area contributed by atoms with Gasteiger partial charge in [-0.1, -0.05) is 30.3 Å². The molecule has 4 nitrogen and oxygen atoms in total. The fourth-order valence-corrected chi connectivity index (χ4v) is 2.78. The van der Waals surface area contributed by atoms with Gasteiger partial charge in [-0.05, 0) is 30.2 Å². The van der Waals surface area contributed by atoms with E-state index in [9.17, 15) is 5.11 Å². The predicted octanol–water partition coefficient (Wildman–Crippen LogP) is 4.03. The molecule has 0 atom stereocenters. The van der Waals surface area contributed by atoms with Crippen molar-refractivity contribution in [3.63, 3.8) is 0 Å². The predicted molar refractivity (Wildman–Crippen MR) is 91.4 cm³/mol. The lowest BCUT2D eigenvalue weighted by Crippen LogP contribution is -2.00. The summed E-state index contributed by atoms with van der Waals surface area (Å²) in [4.78, 5) is 4.70. The Morgan fingerprint density at radius 1 is 0.957 bits per heavy atom. The summed E-state index contributed by atoms with van der Waals surface area (Å²) in [5.41, 5.74) is 5.24. The number of aromatic hydroxyl groups is 1. The van der Waals surface area contributed by atoms with Gasteiger partial charge in [-0.3, -0.25) is 4.99 Å². The van der Waals surface area contributed by atoms with Gasteiger partial charge in [0.1, 0.15) is 0 Å². The van der Waals surface area contributed by atoms with E-state index in [1.165, 1.54) is 25.4 Å². The Morgan fingerprint density at radius 2 is 1.57 bits per heavy atom. The van der Waals surface area contributed by atoms with Gasteiger partial charge in [0, 0.05) is 17.7 Å².